The largest absolute Gasteiger partial charge is 0.383 e. The highest BCUT2D eigenvalue weighted by atomic mass is 19.2. The third-order valence-electron chi connectivity index (χ3n) is 7.41. The van der Waals surface area contributed by atoms with E-state index < -0.39 is 17.7 Å². The van der Waals surface area contributed by atoms with Gasteiger partial charge in [-0.1, -0.05) is 24.3 Å². The van der Waals surface area contributed by atoms with Crippen LogP contribution in [0.3, 0.4) is 0 Å². The molecule has 0 radical (unpaired) electrons. The first-order valence-electron chi connectivity index (χ1n) is 13.3. The number of aryl methyl sites for hydroxylation is 1. The quantitative estimate of drug-likeness (QED) is 0.338. The number of carbonyl (C=O) groups excluding carboxylic acids is 1. The Morgan fingerprint density at radius 3 is 2.56 bits per heavy atom. The minimum atomic E-state index is -0.922. The van der Waals surface area contributed by atoms with Gasteiger partial charge >= 0.3 is 6.03 Å². The van der Waals surface area contributed by atoms with Crippen LogP contribution in [0.4, 0.5) is 19.4 Å². The topological polar surface area (TPSA) is 93.4 Å². The summed E-state index contributed by atoms with van der Waals surface area (Å²) < 4.78 is 36.1. The Balaban J connectivity index is 1.44. The lowest BCUT2D eigenvalue weighted by atomic mass is 9.94. The average Bonchev–Trinajstić information content (AvgIpc) is 3.51. The molecule has 2 aromatic carbocycles. The van der Waals surface area contributed by atoms with Crippen molar-refractivity contribution >= 4 is 11.8 Å². The molecule has 9 nitrogen and oxygen atoms in total. The molecule has 2 N–H and O–H groups in total. The minimum Gasteiger partial charge on any atom is -0.383 e. The van der Waals surface area contributed by atoms with Gasteiger partial charge in [-0.3, -0.25) is 15.0 Å². The van der Waals surface area contributed by atoms with E-state index in [-0.39, 0.29) is 17.5 Å². The van der Waals surface area contributed by atoms with Gasteiger partial charge in [0.2, 0.25) is 5.56 Å². The van der Waals surface area contributed by atoms with Crippen LogP contribution in [0.5, 0.6) is 0 Å². The summed E-state index contributed by atoms with van der Waals surface area (Å²) in [7, 11) is 3.29. The molecule has 5 rings (SSSR count). The number of pyridine rings is 1. The summed E-state index contributed by atoms with van der Waals surface area (Å²) in [5.74, 6) is -1.62. The van der Waals surface area contributed by atoms with E-state index in [1.807, 2.05) is 37.3 Å². The highest BCUT2D eigenvalue weighted by Gasteiger charge is 2.35. The lowest BCUT2D eigenvalue weighted by molar-refractivity contribution is 0.159. The second kappa shape index (κ2) is 12.0. The van der Waals surface area contributed by atoms with E-state index in [9.17, 15) is 18.4 Å². The molecule has 0 spiro atoms. The van der Waals surface area contributed by atoms with Gasteiger partial charge in [-0.2, -0.15) is 5.10 Å². The van der Waals surface area contributed by atoms with E-state index in [1.54, 1.807) is 37.2 Å². The van der Waals surface area contributed by atoms with Crippen LogP contribution in [-0.4, -0.2) is 64.7 Å². The number of methoxy groups -OCH3 is 1. The minimum absolute atomic E-state index is 0.140. The first kappa shape index (κ1) is 28.2. The number of nitrogens with zero attached hydrogens (tertiary/aromatic N) is 4. The van der Waals surface area contributed by atoms with Gasteiger partial charge in [-0.15, -0.1) is 0 Å². The van der Waals surface area contributed by atoms with Crippen LogP contribution in [-0.2, 0) is 11.8 Å². The van der Waals surface area contributed by atoms with E-state index in [0.717, 1.165) is 17.3 Å². The summed E-state index contributed by atoms with van der Waals surface area (Å²) >= 11 is 0. The van der Waals surface area contributed by atoms with Crippen LogP contribution in [0, 0.1) is 18.6 Å². The number of hydrogen-bond donors (Lipinski definition) is 2. The van der Waals surface area contributed by atoms with Crippen LogP contribution in [0.15, 0.2) is 71.7 Å². The van der Waals surface area contributed by atoms with Gasteiger partial charge in [-0.25, -0.2) is 18.3 Å². The van der Waals surface area contributed by atoms with Crippen molar-refractivity contribution in [2.75, 3.05) is 38.7 Å². The predicted molar refractivity (Wildman–Crippen MR) is 152 cm³/mol. The van der Waals surface area contributed by atoms with Gasteiger partial charge in [0.05, 0.1) is 24.0 Å². The van der Waals surface area contributed by atoms with Crippen molar-refractivity contribution in [3.63, 3.8) is 0 Å². The highest BCUT2D eigenvalue weighted by Crippen LogP contribution is 2.31. The van der Waals surface area contributed by atoms with Crippen molar-refractivity contribution in [1.82, 2.24) is 24.6 Å². The molecule has 0 bridgehead atoms. The molecule has 1 saturated heterocycles. The molecule has 3 heterocycles. The number of aromatic nitrogens is 3. The van der Waals surface area contributed by atoms with Crippen molar-refractivity contribution in [1.29, 1.82) is 0 Å². The highest BCUT2D eigenvalue weighted by molar-refractivity contribution is 5.91. The number of rotatable bonds is 8. The monoisotopic (exact) mass is 562 g/mol. The molecular weight excluding hydrogens is 530 g/mol. The Bertz CT molecular complexity index is 1600. The average molecular weight is 563 g/mol. The van der Waals surface area contributed by atoms with E-state index in [2.05, 4.69) is 15.5 Å². The molecule has 11 heteroatoms. The fourth-order valence-electron chi connectivity index (χ4n) is 5.23. The summed E-state index contributed by atoms with van der Waals surface area (Å²) in [4.78, 5) is 27.6. The number of nitrogens with one attached hydrogen (secondary N) is 2. The lowest BCUT2D eigenvalue weighted by Crippen LogP contribution is -2.42. The van der Waals surface area contributed by atoms with E-state index in [0.29, 0.717) is 48.9 Å². The predicted octanol–water partition coefficient (Wildman–Crippen LogP) is 4.06. The van der Waals surface area contributed by atoms with Crippen molar-refractivity contribution in [2.45, 2.75) is 18.9 Å². The fourth-order valence-corrected chi connectivity index (χ4v) is 5.23. The van der Waals surface area contributed by atoms with Crippen LogP contribution >= 0.6 is 0 Å². The second-order valence-electron chi connectivity index (χ2n) is 10.2. The molecule has 0 saturated carbocycles. The fraction of sp³-hybridized carbons (Fsp3) is 0.300. The maximum Gasteiger partial charge on any atom is 0.320 e. The number of urea groups is 1. The first-order valence-corrected chi connectivity index (χ1v) is 13.3. The number of para-hydroxylation sites is 1. The Labute approximate surface area is 236 Å². The van der Waals surface area contributed by atoms with Gasteiger partial charge < -0.3 is 14.6 Å². The van der Waals surface area contributed by atoms with Gasteiger partial charge in [0.25, 0.3) is 0 Å². The molecule has 2 unspecified atom stereocenters. The SMILES string of the molecule is COCCN1CC(NC(=O)Nc2c(C)c(-c3ccc(=O)n(C)c3)nn2-c2ccccc2)C(c2ccc(F)c(F)c2)C1. The number of ether oxygens (including phenoxy) is 1. The van der Waals surface area contributed by atoms with E-state index in [4.69, 9.17) is 9.84 Å². The van der Waals surface area contributed by atoms with Crippen LogP contribution in [0.2, 0.25) is 0 Å². The molecule has 2 amide bonds. The van der Waals surface area contributed by atoms with Crippen LogP contribution in [0.25, 0.3) is 16.9 Å². The molecule has 4 aromatic rings. The zero-order chi connectivity index (χ0) is 29.1. The lowest BCUT2D eigenvalue weighted by Gasteiger charge is -2.21. The standard InChI is InChI=1S/C30H32F2N6O3/c1-19-28(21-10-12-27(39)36(2)16-21)35-38(22-7-5-4-6-8-22)29(19)34-30(40)33-26-18-37(13-14-41-3)17-23(26)20-9-11-24(31)25(32)15-20/h4-12,15-16,23,26H,13-14,17-18H2,1-3H3,(H2,33,34,40). The number of benzene rings is 2. The Kier molecular flexibility index (Phi) is 8.27. The molecule has 1 aliphatic heterocycles. The summed E-state index contributed by atoms with van der Waals surface area (Å²) in [5.41, 5.74) is 3.27. The third kappa shape index (κ3) is 6.06. The summed E-state index contributed by atoms with van der Waals surface area (Å²) in [6.45, 7) is 4.07. The summed E-state index contributed by atoms with van der Waals surface area (Å²) in [6, 6.07) is 15.6. The van der Waals surface area contributed by atoms with Crippen molar-refractivity contribution in [3.05, 3.63) is 100.0 Å². The van der Waals surface area contributed by atoms with Gasteiger partial charge in [-0.05, 0) is 42.8 Å². The number of anilines is 1. The number of carbonyl (C=O) groups is 1. The van der Waals surface area contributed by atoms with Crippen LogP contribution in [0.1, 0.15) is 17.0 Å². The molecule has 1 fully saturated rings. The number of hydrogen-bond acceptors (Lipinski definition) is 5. The second-order valence-corrected chi connectivity index (χ2v) is 10.2. The molecule has 41 heavy (non-hydrogen) atoms. The van der Waals surface area contributed by atoms with Gasteiger partial charge in [0.1, 0.15) is 5.82 Å². The molecule has 1 aliphatic rings. The van der Waals surface area contributed by atoms with Crippen molar-refractivity contribution < 1.29 is 18.3 Å². The number of likely N-dealkylation sites (tertiary alicyclic amines) is 1. The molecular formula is C30H32F2N6O3. The molecule has 0 aliphatic carbocycles. The van der Waals surface area contributed by atoms with Gasteiger partial charge in [0.15, 0.2) is 11.6 Å². The van der Waals surface area contributed by atoms with Crippen molar-refractivity contribution in [2.24, 2.45) is 7.05 Å². The molecule has 2 atom stereocenters. The zero-order valence-corrected chi connectivity index (χ0v) is 23.1. The van der Waals surface area contributed by atoms with Crippen LogP contribution < -0.4 is 16.2 Å². The third-order valence-corrected chi connectivity index (χ3v) is 7.41. The Morgan fingerprint density at radius 1 is 1.07 bits per heavy atom. The van der Waals surface area contributed by atoms with E-state index in [1.165, 1.54) is 16.7 Å². The van der Waals surface area contributed by atoms with Gasteiger partial charge in [0, 0.05) is 63.1 Å². The normalized spacial score (nSPS) is 17.1. The number of halogens is 2. The molecule has 2 aromatic heterocycles. The van der Waals surface area contributed by atoms with Crippen molar-refractivity contribution in [3.8, 4) is 16.9 Å². The number of amides is 2. The maximum absolute atomic E-state index is 14.1. The molecule has 214 valence electrons. The Hall–Kier alpha value is -4.35. The smallest absolute Gasteiger partial charge is 0.320 e. The first-order chi connectivity index (χ1) is 19.7. The summed E-state index contributed by atoms with van der Waals surface area (Å²) in [5, 5.41) is 10.8. The Morgan fingerprint density at radius 2 is 1.85 bits per heavy atom. The maximum atomic E-state index is 14.1. The zero-order valence-electron chi connectivity index (χ0n) is 23.1. The van der Waals surface area contributed by atoms with E-state index >= 15 is 0 Å². The summed E-state index contributed by atoms with van der Waals surface area (Å²) in [6.07, 6.45) is 1.70.